The van der Waals surface area contributed by atoms with Crippen molar-refractivity contribution < 1.29 is 0 Å². The van der Waals surface area contributed by atoms with Crippen molar-refractivity contribution in [3.63, 3.8) is 0 Å². The van der Waals surface area contributed by atoms with E-state index in [0.717, 1.165) is 0 Å². The Hall–Kier alpha value is -0.520. The molecule has 1 aliphatic carbocycles. The first kappa shape index (κ1) is 11.6. The third kappa shape index (κ3) is 6.94. The van der Waals surface area contributed by atoms with Crippen LogP contribution in [0.2, 0.25) is 0 Å². The highest BCUT2D eigenvalue weighted by atomic mass is 14.0. The molecule has 0 unspecified atom stereocenters. The SMILES string of the molecule is [CH]1/C=C/C=C\CCCCCCCCC1. The molecule has 14 heavy (non-hydrogen) atoms. The molecule has 1 aliphatic rings. The van der Waals surface area contributed by atoms with E-state index >= 15 is 0 Å². The summed E-state index contributed by atoms with van der Waals surface area (Å²) in [5.41, 5.74) is 0. The Morgan fingerprint density at radius 1 is 0.500 bits per heavy atom. The number of rotatable bonds is 0. The summed E-state index contributed by atoms with van der Waals surface area (Å²) in [5, 5.41) is 0. The fourth-order valence-corrected chi connectivity index (χ4v) is 1.82. The zero-order valence-electron chi connectivity index (χ0n) is 9.25. The highest BCUT2D eigenvalue weighted by Gasteiger charge is 1.91. The van der Waals surface area contributed by atoms with Crippen LogP contribution in [0.5, 0.6) is 0 Å². The molecule has 0 aromatic carbocycles. The third-order valence-electron chi connectivity index (χ3n) is 2.74. The molecule has 79 valence electrons. The molecule has 1 rings (SSSR count). The summed E-state index contributed by atoms with van der Waals surface area (Å²) in [5.74, 6) is 0. The maximum Gasteiger partial charge on any atom is -0.0167 e. The summed E-state index contributed by atoms with van der Waals surface area (Å²) >= 11 is 0. The molecule has 0 spiro atoms. The number of hydrogen-bond acceptors (Lipinski definition) is 0. The van der Waals surface area contributed by atoms with Gasteiger partial charge in [-0.25, -0.2) is 0 Å². The lowest BCUT2D eigenvalue weighted by atomic mass is 10.1. The van der Waals surface area contributed by atoms with E-state index in [4.69, 9.17) is 0 Å². The van der Waals surface area contributed by atoms with Crippen LogP contribution in [-0.2, 0) is 0 Å². The second-order valence-electron chi connectivity index (χ2n) is 4.10. The van der Waals surface area contributed by atoms with Crippen LogP contribution in [-0.4, -0.2) is 0 Å². The normalized spacial score (nSPS) is 26.3. The van der Waals surface area contributed by atoms with Crippen molar-refractivity contribution in [3.8, 4) is 0 Å². The Morgan fingerprint density at radius 2 is 1.14 bits per heavy atom. The highest BCUT2D eigenvalue weighted by molar-refractivity contribution is 5.07. The summed E-state index contributed by atoms with van der Waals surface area (Å²) in [4.78, 5) is 0. The van der Waals surface area contributed by atoms with E-state index in [-0.39, 0.29) is 0 Å². The maximum absolute atomic E-state index is 2.29. The zero-order valence-corrected chi connectivity index (χ0v) is 9.25. The topological polar surface area (TPSA) is 0 Å². The van der Waals surface area contributed by atoms with Gasteiger partial charge >= 0.3 is 0 Å². The number of hydrogen-bond donors (Lipinski definition) is 0. The Balaban J connectivity index is 2.17. The second kappa shape index (κ2) is 9.05. The Morgan fingerprint density at radius 3 is 1.93 bits per heavy atom. The van der Waals surface area contributed by atoms with Crippen LogP contribution >= 0.6 is 0 Å². The van der Waals surface area contributed by atoms with Crippen LogP contribution in [0.25, 0.3) is 0 Å². The van der Waals surface area contributed by atoms with Crippen molar-refractivity contribution >= 4 is 0 Å². The Bertz CT molecular complexity index is 145. The van der Waals surface area contributed by atoms with Crippen molar-refractivity contribution in [2.45, 2.75) is 57.8 Å². The molecule has 0 aromatic rings. The average Bonchev–Trinajstić information content (AvgIpc) is 2.22. The molecule has 0 heteroatoms. The van der Waals surface area contributed by atoms with Crippen LogP contribution in [0.4, 0.5) is 0 Å². The summed E-state index contributed by atoms with van der Waals surface area (Å²) in [7, 11) is 0. The lowest BCUT2D eigenvalue weighted by Gasteiger charge is -2.01. The van der Waals surface area contributed by atoms with Crippen LogP contribution in [0, 0.1) is 6.42 Å². The van der Waals surface area contributed by atoms with E-state index < -0.39 is 0 Å². The minimum absolute atomic E-state index is 1.25. The summed E-state index contributed by atoms with van der Waals surface area (Å²) in [6.07, 6.45) is 23.5. The molecule has 1 radical (unpaired) electrons. The van der Waals surface area contributed by atoms with Gasteiger partial charge in [-0.15, -0.1) is 0 Å². The number of allylic oxidation sites excluding steroid dienone is 4. The molecule has 0 fully saturated rings. The summed E-state index contributed by atoms with van der Waals surface area (Å²) in [6.45, 7) is 0. The van der Waals surface area contributed by atoms with Crippen LogP contribution in [0.1, 0.15) is 57.8 Å². The van der Waals surface area contributed by atoms with Crippen molar-refractivity contribution in [1.82, 2.24) is 0 Å². The fraction of sp³-hybridized carbons (Fsp3) is 0.643. The predicted octanol–water partition coefficient (Wildman–Crippen LogP) is 4.83. The first-order valence-corrected chi connectivity index (χ1v) is 6.15. The predicted molar refractivity (Wildman–Crippen MR) is 64.1 cm³/mol. The monoisotopic (exact) mass is 191 g/mol. The first-order valence-electron chi connectivity index (χ1n) is 6.15. The van der Waals surface area contributed by atoms with E-state index in [9.17, 15) is 0 Å². The molecule has 0 amide bonds. The maximum atomic E-state index is 2.29. The van der Waals surface area contributed by atoms with Gasteiger partial charge in [0, 0.05) is 0 Å². The molecular weight excluding hydrogens is 168 g/mol. The molecular formula is C14H23. The van der Waals surface area contributed by atoms with Gasteiger partial charge in [0.25, 0.3) is 0 Å². The van der Waals surface area contributed by atoms with Gasteiger partial charge in [-0.2, -0.15) is 0 Å². The molecule has 0 bridgehead atoms. The van der Waals surface area contributed by atoms with Gasteiger partial charge in [0.05, 0.1) is 0 Å². The van der Waals surface area contributed by atoms with E-state index in [1.807, 2.05) is 0 Å². The molecule has 0 aromatic heterocycles. The van der Waals surface area contributed by atoms with Crippen molar-refractivity contribution in [1.29, 1.82) is 0 Å². The second-order valence-corrected chi connectivity index (χ2v) is 4.10. The zero-order chi connectivity index (χ0) is 9.90. The van der Waals surface area contributed by atoms with Gasteiger partial charge in [-0.3, -0.25) is 0 Å². The summed E-state index contributed by atoms with van der Waals surface area (Å²) in [6, 6.07) is 0. The highest BCUT2D eigenvalue weighted by Crippen LogP contribution is 2.11. The van der Waals surface area contributed by atoms with Gasteiger partial charge in [-0.05, 0) is 25.7 Å². The van der Waals surface area contributed by atoms with E-state index in [1.165, 1.54) is 57.8 Å². The van der Waals surface area contributed by atoms with Gasteiger partial charge in [0.2, 0.25) is 0 Å². The van der Waals surface area contributed by atoms with Gasteiger partial charge in [-0.1, -0.05) is 62.8 Å². The van der Waals surface area contributed by atoms with Crippen molar-refractivity contribution in [2.75, 3.05) is 0 Å². The van der Waals surface area contributed by atoms with Gasteiger partial charge in [0.1, 0.15) is 0 Å². The van der Waals surface area contributed by atoms with Crippen LogP contribution in [0.15, 0.2) is 24.3 Å². The largest absolute Gasteiger partial charge is 0.0845 e. The average molecular weight is 191 g/mol. The lowest BCUT2D eigenvalue weighted by Crippen LogP contribution is -1.81. The van der Waals surface area contributed by atoms with E-state index in [2.05, 4.69) is 30.7 Å². The molecule has 0 heterocycles. The molecule has 0 aliphatic heterocycles. The van der Waals surface area contributed by atoms with E-state index in [0.29, 0.717) is 0 Å². The molecule has 0 N–H and O–H groups in total. The first-order chi connectivity index (χ1) is 7.00. The molecule has 0 saturated heterocycles. The van der Waals surface area contributed by atoms with E-state index in [1.54, 1.807) is 0 Å². The van der Waals surface area contributed by atoms with Crippen molar-refractivity contribution in [2.24, 2.45) is 0 Å². The smallest absolute Gasteiger partial charge is 0.0167 e. The van der Waals surface area contributed by atoms with Crippen molar-refractivity contribution in [3.05, 3.63) is 30.7 Å². The molecule has 0 nitrogen and oxygen atoms in total. The quantitative estimate of drug-likeness (QED) is 0.514. The van der Waals surface area contributed by atoms with Crippen LogP contribution in [0.3, 0.4) is 0 Å². The van der Waals surface area contributed by atoms with Gasteiger partial charge in [0.15, 0.2) is 0 Å². The minimum Gasteiger partial charge on any atom is -0.0845 e. The molecule has 0 atom stereocenters. The Kier molecular flexibility index (Phi) is 7.47. The lowest BCUT2D eigenvalue weighted by molar-refractivity contribution is 0.581. The van der Waals surface area contributed by atoms with Crippen LogP contribution < -0.4 is 0 Å². The Labute approximate surface area is 89.1 Å². The molecule has 0 saturated carbocycles. The fourth-order valence-electron chi connectivity index (χ4n) is 1.82. The standard InChI is InChI=1S/C14H23/c1-2-4-6-8-10-12-14-13-11-9-7-5-3-1/h1-5H,6-14H2/b2-1+,5-3-. The minimum atomic E-state index is 1.25. The summed E-state index contributed by atoms with van der Waals surface area (Å²) < 4.78 is 0. The van der Waals surface area contributed by atoms with Gasteiger partial charge < -0.3 is 0 Å². The third-order valence-corrected chi connectivity index (χ3v) is 2.74.